The van der Waals surface area contributed by atoms with Crippen LogP contribution in [0.3, 0.4) is 0 Å². The summed E-state index contributed by atoms with van der Waals surface area (Å²) in [4.78, 5) is 12.7. The third kappa shape index (κ3) is 3.77. The molecule has 3 N–H and O–H groups in total. The summed E-state index contributed by atoms with van der Waals surface area (Å²) in [6.45, 7) is 0.608. The number of halogens is 1. The van der Waals surface area contributed by atoms with E-state index in [2.05, 4.69) is 5.73 Å². The second-order valence-electron chi connectivity index (χ2n) is 3.12. The summed E-state index contributed by atoms with van der Waals surface area (Å²) in [6.07, 6.45) is -0.370. The van der Waals surface area contributed by atoms with E-state index >= 15 is 0 Å². The number of rotatable bonds is 2. The van der Waals surface area contributed by atoms with Crippen molar-refractivity contribution in [1.29, 1.82) is 0 Å². The lowest BCUT2D eigenvalue weighted by atomic mass is 10.2. The molecule has 0 aromatic heterocycles. The molecule has 4 nitrogen and oxygen atoms in total. The molecule has 0 aliphatic rings. The molecule has 1 amide bonds. The van der Waals surface area contributed by atoms with E-state index in [9.17, 15) is 4.79 Å². The summed E-state index contributed by atoms with van der Waals surface area (Å²) >= 11 is 0. The van der Waals surface area contributed by atoms with Gasteiger partial charge in [0.1, 0.15) is 12.3 Å². The minimum absolute atomic E-state index is 0. The van der Waals surface area contributed by atoms with Crippen molar-refractivity contribution in [2.24, 2.45) is 0 Å². The van der Waals surface area contributed by atoms with Gasteiger partial charge in [-0.05, 0) is 12.1 Å². The molecule has 1 rings (SSSR count). The predicted molar refractivity (Wildman–Crippen MR) is 52.7 cm³/mol. The quantitative estimate of drug-likeness (QED) is 0.611. The van der Waals surface area contributed by atoms with Crippen LogP contribution < -0.4 is 22.9 Å². The minimum Gasteiger partial charge on any atom is -1.00 e. The van der Waals surface area contributed by atoms with Gasteiger partial charge < -0.3 is 27.8 Å². The van der Waals surface area contributed by atoms with Crippen molar-refractivity contribution in [2.45, 2.75) is 6.54 Å². The van der Waals surface area contributed by atoms with Gasteiger partial charge in [-0.15, -0.1) is 0 Å². The maximum Gasteiger partial charge on any atom is 0.414 e. The van der Waals surface area contributed by atoms with Gasteiger partial charge in [0, 0.05) is 19.7 Å². The van der Waals surface area contributed by atoms with Crippen LogP contribution in [-0.4, -0.2) is 25.1 Å². The van der Waals surface area contributed by atoms with E-state index in [-0.39, 0.29) is 18.5 Å². The van der Waals surface area contributed by atoms with Gasteiger partial charge in [0.15, 0.2) is 0 Å². The molecule has 0 radical (unpaired) electrons. The molecule has 0 atom stereocenters. The summed E-state index contributed by atoms with van der Waals surface area (Å²) < 4.78 is 5.14. The van der Waals surface area contributed by atoms with Crippen LogP contribution in [-0.2, 0) is 6.54 Å². The van der Waals surface area contributed by atoms with Crippen molar-refractivity contribution in [3.05, 3.63) is 29.8 Å². The predicted octanol–water partition coefficient (Wildman–Crippen LogP) is -2.51. The van der Waals surface area contributed by atoms with Crippen LogP contribution in [0.4, 0.5) is 4.79 Å². The Balaban J connectivity index is 0.00000196. The Morgan fingerprint density at radius 2 is 2.00 bits per heavy atom. The zero-order valence-corrected chi connectivity index (χ0v) is 9.62. The SMILES string of the molecule is CN(C)C(=O)Oc1ccccc1C[NH3+].[Cl-]. The number of hydrogen-bond donors (Lipinski definition) is 1. The number of ether oxygens (including phenoxy) is 1. The fraction of sp³-hybridized carbons (Fsp3) is 0.300. The fourth-order valence-corrected chi connectivity index (χ4v) is 0.995. The van der Waals surface area contributed by atoms with Crippen LogP contribution in [0.5, 0.6) is 5.75 Å². The molecule has 1 aromatic carbocycles. The number of amides is 1. The molecular weight excluding hydrogens is 216 g/mol. The Labute approximate surface area is 95.4 Å². The van der Waals surface area contributed by atoms with Gasteiger partial charge in [-0.25, -0.2) is 4.79 Å². The van der Waals surface area contributed by atoms with E-state index in [0.29, 0.717) is 12.3 Å². The first kappa shape index (κ1) is 13.7. The van der Waals surface area contributed by atoms with E-state index in [1.54, 1.807) is 20.2 Å². The molecule has 0 saturated heterocycles. The van der Waals surface area contributed by atoms with Gasteiger partial charge in [0.25, 0.3) is 0 Å². The van der Waals surface area contributed by atoms with E-state index < -0.39 is 0 Å². The molecule has 0 heterocycles. The van der Waals surface area contributed by atoms with Crippen LogP contribution in [0, 0.1) is 0 Å². The maximum atomic E-state index is 11.3. The number of carbonyl (C=O) groups excluding carboxylic acids is 1. The van der Waals surface area contributed by atoms with Crippen LogP contribution in [0.25, 0.3) is 0 Å². The smallest absolute Gasteiger partial charge is 0.414 e. The van der Waals surface area contributed by atoms with Crippen molar-refractivity contribution >= 4 is 6.09 Å². The molecule has 0 fully saturated rings. The lowest BCUT2D eigenvalue weighted by Gasteiger charge is -2.12. The Bertz CT molecular complexity index is 329. The molecule has 5 heteroatoms. The first-order valence-electron chi connectivity index (χ1n) is 4.41. The number of carbonyl (C=O) groups is 1. The standard InChI is InChI=1S/C10H14N2O2.ClH/c1-12(2)10(13)14-9-6-4-3-5-8(9)7-11;/h3-6H,7,11H2,1-2H3;1H. The highest BCUT2D eigenvalue weighted by molar-refractivity contribution is 5.70. The molecule has 0 saturated carbocycles. The van der Waals surface area contributed by atoms with E-state index in [1.165, 1.54) is 4.90 Å². The zero-order chi connectivity index (χ0) is 10.6. The van der Waals surface area contributed by atoms with Crippen molar-refractivity contribution < 1.29 is 27.7 Å². The third-order valence-electron chi connectivity index (χ3n) is 1.80. The molecule has 0 spiro atoms. The van der Waals surface area contributed by atoms with E-state index in [0.717, 1.165) is 5.56 Å². The lowest BCUT2D eigenvalue weighted by molar-refractivity contribution is -0.386. The van der Waals surface area contributed by atoms with Crippen molar-refractivity contribution in [1.82, 2.24) is 4.90 Å². The first-order valence-corrected chi connectivity index (χ1v) is 4.41. The average Bonchev–Trinajstić information content (AvgIpc) is 2.18. The molecule has 0 aliphatic heterocycles. The van der Waals surface area contributed by atoms with Gasteiger partial charge in [-0.2, -0.15) is 0 Å². The highest BCUT2D eigenvalue weighted by Gasteiger charge is 2.09. The fourth-order valence-electron chi connectivity index (χ4n) is 0.995. The van der Waals surface area contributed by atoms with Gasteiger partial charge in [0.05, 0.1) is 0 Å². The normalized spacial score (nSPS) is 9.00. The highest BCUT2D eigenvalue weighted by atomic mass is 35.5. The summed E-state index contributed by atoms with van der Waals surface area (Å²) in [7, 11) is 3.30. The number of quaternary nitrogens is 1. The van der Waals surface area contributed by atoms with Crippen molar-refractivity contribution in [3.63, 3.8) is 0 Å². The second-order valence-corrected chi connectivity index (χ2v) is 3.12. The molecule has 0 unspecified atom stereocenters. The van der Waals surface area contributed by atoms with Gasteiger partial charge in [-0.3, -0.25) is 0 Å². The average molecular weight is 231 g/mol. The van der Waals surface area contributed by atoms with Crippen molar-refractivity contribution in [3.8, 4) is 5.75 Å². The number of hydrogen-bond acceptors (Lipinski definition) is 2. The van der Waals surface area contributed by atoms with E-state index in [4.69, 9.17) is 4.74 Å². The van der Waals surface area contributed by atoms with Gasteiger partial charge in [-0.1, -0.05) is 12.1 Å². The Kier molecular flexibility index (Phi) is 5.74. The number of nitrogens with zero attached hydrogens (tertiary/aromatic N) is 1. The minimum atomic E-state index is -0.370. The lowest BCUT2D eigenvalue weighted by Crippen LogP contribution is -3.00. The topological polar surface area (TPSA) is 57.2 Å². The Morgan fingerprint density at radius 3 is 2.53 bits per heavy atom. The molecule has 15 heavy (non-hydrogen) atoms. The number of benzene rings is 1. The van der Waals surface area contributed by atoms with Crippen LogP contribution in [0.2, 0.25) is 0 Å². The maximum absolute atomic E-state index is 11.3. The van der Waals surface area contributed by atoms with Crippen molar-refractivity contribution in [2.75, 3.05) is 14.1 Å². The molecular formula is C10H15ClN2O2. The van der Waals surface area contributed by atoms with Gasteiger partial charge in [0.2, 0.25) is 0 Å². The summed E-state index contributed by atoms with van der Waals surface area (Å²) in [5.41, 5.74) is 4.70. The molecule has 1 aromatic rings. The van der Waals surface area contributed by atoms with Crippen LogP contribution in [0.15, 0.2) is 24.3 Å². The second kappa shape index (κ2) is 6.27. The zero-order valence-electron chi connectivity index (χ0n) is 8.87. The molecule has 0 aliphatic carbocycles. The summed E-state index contributed by atoms with van der Waals surface area (Å²) in [5.74, 6) is 0.584. The largest absolute Gasteiger partial charge is 1.00 e. The van der Waals surface area contributed by atoms with Gasteiger partial charge >= 0.3 is 6.09 Å². The van der Waals surface area contributed by atoms with Crippen LogP contribution >= 0.6 is 0 Å². The van der Waals surface area contributed by atoms with E-state index in [1.807, 2.05) is 18.2 Å². The Morgan fingerprint density at radius 1 is 1.40 bits per heavy atom. The molecule has 0 bridgehead atoms. The monoisotopic (exact) mass is 230 g/mol. The Hall–Kier alpha value is -1.26. The molecule has 84 valence electrons. The highest BCUT2D eigenvalue weighted by Crippen LogP contribution is 2.17. The van der Waals surface area contributed by atoms with Crippen LogP contribution in [0.1, 0.15) is 5.56 Å². The number of para-hydroxylation sites is 1. The third-order valence-corrected chi connectivity index (χ3v) is 1.80. The summed E-state index contributed by atoms with van der Waals surface area (Å²) in [5, 5.41) is 0. The summed E-state index contributed by atoms with van der Waals surface area (Å²) in [6, 6.07) is 7.39. The first-order chi connectivity index (χ1) is 6.65.